The summed E-state index contributed by atoms with van der Waals surface area (Å²) in [6.07, 6.45) is 13.5. The molecule has 0 N–H and O–H groups in total. The summed E-state index contributed by atoms with van der Waals surface area (Å²) in [5.74, 6) is 1.87. The van der Waals surface area contributed by atoms with E-state index in [-0.39, 0.29) is 0 Å². The van der Waals surface area contributed by atoms with Crippen molar-refractivity contribution in [1.29, 1.82) is 0 Å². The van der Waals surface area contributed by atoms with E-state index >= 15 is 0 Å². The number of furan rings is 1. The van der Waals surface area contributed by atoms with Crippen LogP contribution in [-0.2, 0) is 6.42 Å². The third-order valence-corrected chi connectivity index (χ3v) is 6.51. The lowest BCUT2D eigenvalue weighted by Crippen LogP contribution is -2.14. The molecule has 0 radical (unpaired) electrons. The van der Waals surface area contributed by atoms with Crippen molar-refractivity contribution >= 4 is 21.9 Å². The fourth-order valence-corrected chi connectivity index (χ4v) is 4.89. The zero-order chi connectivity index (χ0) is 19.8. The molecule has 3 aromatic rings. The van der Waals surface area contributed by atoms with Gasteiger partial charge in [0.2, 0.25) is 0 Å². The minimum absolute atomic E-state index is 0.923. The lowest BCUT2D eigenvalue weighted by atomic mass is 9.80. The van der Waals surface area contributed by atoms with Crippen LogP contribution < -0.4 is 0 Å². The predicted octanol–water partition coefficient (Wildman–Crippen LogP) is 8.93. The highest BCUT2D eigenvalue weighted by Crippen LogP contribution is 2.32. The highest BCUT2D eigenvalue weighted by molar-refractivity contribution is 6.04. The van der Waals surface area contributed by atoms with Crippen LogP contribution in [0.15, 0.2) is 46.9 Å². The summed E-state index contributed by atoms with van der Waals surface area (Å²) in [7, 11) is 0. The molecule has 0 aliphatic rings. The van der Waals surface area contributed by atoms with Gasteiger partial charge in [0.1, 0.15) is 11.2 Å². The molecule has 2 aromatic carbocycles. The van der Waals surface area contributed by atoms with Gasteiger partial charge in [-0.05, 0) is 48.4 Å². The Morgan fingerprint density at radius 1 is 0.714 bits per heavy atom. The van der Waals surface area contributed by atoms with Gasteiger partial charge in [0, 0.05) is 10.8 Å². The second-order valence-electron chi connectivity index (χ2n) is 8.53. The Hall–Kier alpha value is -1.76. The van der Waals surface area contributed by atoms with Crippen molar-refractivity contribution < 1.29 is 4.42 Å². The summed E-state index contributed by atoms with van der Waals surface area (Å²) in [5, 5.41) is 2.51. The molecule has 1 aromatic heterocycles. The molecule has 1 heteroatoms. The third kappa shape index (κ3) is 5.19. The Bertz CT molecular complexity index is 844. The molecule has 0 saturated carbocycles. The molecule has 0 bridgehead atoms. The summed E-state index contributed by atoms with van der Waals surface area (Å²) in [6, 6.07) is 15.1. The van der Waals surface area contributed by atoms with Gasteiger partial charge in [0.25, 0.3) is 0 Å². The van der Waals surface area contributed by atoms with E-state index < -0.39 is 0 Å². The highest BCUT2D eigenvalue weighted by atomic mass is 16.3. The van der Waals surface area contributed by atoms with Crippen molar-refractivity contribution in [1.82, 2.24) is 0 Å². The Morgan fingerprint density at radius 3 is 2.29 bits per heavy atom. The van der Waals surface area contributed by atoms with Crippen LogP contribution in [0.2, 0.25) is 0 Å². The smallest absolute Gasteiger partial charge is 0.135 e. The van der Waals surface area contributed by atoms with Gasteiger partial charge in [-0.15, -0.1) is 0 Å². The summed E-state index contributed by atoms with van der Waals surface area (Å²) in [6.45, 7) is 7.07. The summed E-state index contributed by atoms with van der Waals surface area (Å²) < 4.78 is 5.96. The third-order valence-electron chi connectivity index (χ3n) is 6.51. The molecule has 152 valence electrons. The van der Waals surface area contributed by atoms with E-state index in [1.807, 2.05) is 6.07 Å². The minimum atomic E-state index is 0.923. The zero-order valence-corrected chi connectivity index (χ0v) is 18.2. The first kappa shape index (κ1) is 21.0. The first-order valence-electron chi connectivity index (χ1n) is 11.7. The van der Waals surface area contributed by atoms with Crippen molar-refractivity contribution in [3.8, 4) is 0 Å². The van der Waals surface area contributed by atoms with Gasteiger partial charge in [-0.1, -0.05) is 96.4 Å². The number of aryl methyl sites for hydroxylation is 1. The quantitative estimate of drug-likeness (QED) is 0.287. The molecular formula is C27H38O. The van der Waals surface area contributed by atoms with Crippen LogP contribution in [0.3, 0.4) is 0 Å². The van der Waals surface area contributed by atoms with E-state index in [0.717, 1.165) is 23.0 Å². The largest absolute Gasteiger partial charge is 0.456 e. The Morgan fingerprint density at radius 2 is 1.50 bits per heavy atom. The monoisotopic (exact) mass is 378 g/mol. The van der Waals surface area contributed by atoms with Crippen LogP contribution >= 0.6 is 0 Å². The number of hydrogen-bond acceptors (Lipinski definition) is 1. The topological polar surface area (TPSA) is 13.1 Å². The average Bonchev–Trinajstić information content (AvgIpc) is 3.09. The number of benzene rings is 2. The van der Waals surface area contributed by atoms with E-state index in [9.17, 15) is 0 Å². The van der Waals surface area contributed by atoms with Gasteiger partial charge in [-0.25, -0.2) is 0 Å². The molecule has 0 aliphatic carbocycles. The van der Waals surface area contributed by atoms with Gasteiger partial charge in [0.15, 0.2) is 0 Å². The first-order valence-corrected chi connectivity index (χ1v) is 11.7. The number of para-hydroxylation sites is 1. The van der Waals surface area contributed by atoms with Crippen LogP contribution in [0.4, 0.5) is 0 Å². The lowest BCUT2D eigenvalue weighted by molar-refractivity contribution is 0.256. The first-order chi connectivity index (χ1) is 13.8. The van der Waals surface area contributed by atoms with Gasteiger partial charge >= 0.3 is 0 Å². The Kier molecular flexibility index (Phi) is 8.01. The number of unbranched alkanes of at least 4 members (excludes halogenated alkanes) is 2. The summed E-state index contributed by atoms with van der Waals surface area (Å²) >= 11 is 0. The molecule has 0 amide bonds. The van der Waals surface area contributed by atoms with Crippen LogP contribution in [0.25, 0.3) is 21.9 Å². The molecule has 2 unspecified atom stereocenters. The molecule has 0 spiro atoms. The maximum absolute atomic E-state index is 5.96. The fraction of sp³-hybridized carbons (Fsp3) is 0.556. The van der Waals surface area contributed by atoms with Crippen molar-refractivity contribution in [2.45, 2.75) is 85.0 Å². The predicted molar refractivity (Wildman–Crippen MR) is 123 cm³/mol. The van der Waals surface area contributed by atoms with E-state index in [0.29, 0.717) is 0 Å². The van der Waals surface area contributed by atoms with Crippen LogP contribution in [0.1, 0.15) is 84.1 Å². The number of fused-ring (bicyclic) bond motifs is 3. The molecule has 1 heterocycles. The maximum Gasteiger partial charge on any atom is 0.135 e. The molecule has 0 aliphatic heterocycles. The Balaban J connectivity index is 1.55. The van der Waals surface area contributed by atoms with Crippen molar-refractivity contribution in [2.24, 2.45) is 11.8 Å². The summed E-state index contributed by atoms with van der Waals surface area (Å²) in [4.78, 5) is 0. The lowest BCUT2D eigenvalue weighted by Gasteiger charge is -2.26. The van der Waals surface area contributed by atoms with Crippen molar-refractivity contribution in [2.75, 3.05) is 0 Å². The number of hydrogen-bond donors (Lipinski definition) is 0. The second-order valence-corrected chi connectivity index (χ2v) is 8.53. The molecular weight excluding hydrogens is 340 g/mol. The molecule has 1 nitrogen and oxygen atoms in total. The number of rotatable bonds is 12. The fourth-order valence-electron chi connectivity index (χ4n) is 4.89. The molecule has 0 saturated heterocycles. The van der Waals surface area contributed by atoms with Gasteiger partial charge in [0.05, 0.1) is 0 Å². The molecule has 28 heavy (non-hydrogen) atoms. The average molecular weight is 379 g/mol. The van der Waals surface area contributed by atoms with Crippen LogP contribution in [0, 0.1) is 11.8 Å². The normalized spacial score (nSPS) is 14.0. The van der Waals surface area contributed by atoms with Crippen molar-refractivity contribution in [3.05, 3.63) is 48.0 Å². The van der Waals surface area contributed by atoms with E-state index in [1.165, 1.54) is 80.5 Å². The maximum atomic E-state index is 5.96. The van der Waals surface area contributed by atoms with E-state index in [1.54, 1.807) is 0 Å². The SMILES string of the molecule is CCCCC(CCC)C(CC)CCCCc1ccc2oc3ccccc3c2c1. The molecule has 2 atom stereocenters. The van der Waals surface area contributed by atoms with Crippen LogP contribution in [-0.4, -0.2) is 0 Å². The standard InChI is InChI=1S/C27H38O/c1-4-7-14-23(12-5-2)22(6-3)15-9-8-13-21-18-19-27-25(20-21)24-16-10-11-17-26(24)28-27/h10-11,16-20,22-23H,4-9,12-15H2,1-3H3. The molecule has 0 fully saturated rings. The van der Waals surface area contributed by atoms with Crippen LogP contribution in [0.5, 0.6) is 0 Å². The van der Waals surface area contributed by atoms with E-state index in [2.05, 4.69) is 57.2 Å². The van der Waals surface area contributed by atoms with E-state index in [4.69, 9.17) is 4.42 Å². The Labute approximate surface area is 171 Å². The minimum Gasteiger partial charge on any atom is -0.456 e. The second kappa shape index (κ2) is 10.7. The highest BCUT2D eigenvalue weighted by Gasteiger charge is 2.18. The van der Waals surface area contributed by atoms with Crippen molar-refractivity contribution in [3.63, 3.8) is 0 Å². The van der Waals surface area contributed by atoms with Gasteiger partial charge in [-0.3, -0.25) is 0 Å². The van der Waals surface area contributed by atoms with Gasteiger partial charge < -0.3 is 4.42 Å². The zero-order valence-electron chi connectivity index (χ0n) is 18.2. The molecule has 3 rings (SSSR count). The van der Waals surface area contributed by atoms with Gasteiger partial charge in [-0.2, -0.15) is 0 Å². The summed E-state index contributed by atoms with van der Waals surface area (Å²) in [5.41, 5.74) is 3.45.